The Hall–Kier alpha value is -2.51. The molecule has 1 fully saturated rings. The molecule has 1 saturated heterocycles. The Balaban J connectivity index is 1.88. The van der Waals surface area contributed by atoms with Gasteiger partial charge in [-0.2, -0.15) is 0 Å². The lowest BCUT2D eigenvalue weighted by Crippen LogP contribution is -2.26. The molecule has 0 unspecified atom stereocenters. The number of carbonyl (C=O) groups excluding carboxylic acids is 1. The highest BCUT2D eigenvalue weighted by atomic mass is 32.2. The second-order valence-corrected chi connectivity index (χ2v) is 6.08. The van der Waals surface area contributed by atoms with Gasteiger partial charge in [0.1, 0.15) is 4.99 Å². The van der Waals surface area contributed by atoms with Gasteiger partial charge < -0.3 is 0 Å². The van der Waals surface area contributed by atoms with Gasteiger partial charge in [-0.25, -0.2) is 0 Å². The number of rotatable bonds is 3. The molecule has 1 heterocycles. The third-order valence-corrected chi connectivity index (χ3v) is 4.63. The molecule has 0 spiro atoms. The molecule has 3 rings (SSSR count). The SMILES string of the molecule is O=C1SC(=Cc2ccc([N+](=O)[O-])cc2)C(=S)N1c1ccccc1. The van der Waals surface area contributed by atoms with E-state index >= 15 is 0 Å². The van der Waals surface area contributed by atoms with Crippen molar-refractivity contribution in [2.24, 2.45) is 0 Å². The fraction of sp³-hybridized carbons (Fsp3) is 0. The zero-order valence-electron chi connectivity index (χ0n) is 11.7. The first-order chi connectivity index (χ1) is 11.1. The molecular weight excluding hydrogens is 332 g/mol. The first-order valence-electron chi connectivity index (χ1n) is 6.64. The summed E-state index contributed by atoms with van der Waals surface area (Å²) in [5, 5.41) is 10.5. The van der Waals surface area contributed by atoms with E-state index in [9.17, 15) is 14.9 Å². The number of anilines is 1. The molecule has 0 N–H and O–H groups in total. The molecule has 0 saturated carbocycles. The van der Waals surface area contributed by atoms with Crippen molar-refractivity contribution in [1.29, 1.82) is 0 Å². The van der Waals surface area contributed by atoms with Crippen molar-refractivity contribution in [3.8, 4) is 0 Å². The van der Waals surface area contributed by atoms with Gasteiger partial charge in [-0.3, -0.25) is 19.8 Å². The van der Waals surface area contributed by atoms with Crippen LogP contribution in [0.25, 0.3) is 6.08 Å². The number of carbonyl (C=O) groups is 1. The number of nitro benzene ring substituents is 1. The van der Waals surface area contributed by atoms with Crippen LogP contribution in [0.3, 0.4) is 0 Å². The number of thiocarbonyl (C=S) groups is 1. The second kappa shape index (κ2) is 6.31. The van der Waals surface area contributed by atoms with Gasteiger partial charge in [0, 0.05) is 12.1 Å². The van der Waals surface area contributed by atoms with Gasteiger partial charge in [0.25, 0.3) is 10.9 Å². The fourth-order valence-corrected chi connectivity index (χ4v) is 3.39. The van der Waals surface area contributed by atoms with Gasteiger partial charge in [-0.1, -0.05) is 30.4 Å². The van der Waals surface area contributed by atoms with Crippen molar-refractivity contribution in [2.75, 3.05) is 4.90 Å². The number of nitro groups is 1. The molecule has 0 atom stereocenters. The van der Waals surface area contributed by atoms with E-state index in [0.717, 1.165) is 23.0 Å². The Bertz CT molecular complexity index is 817. The summed E-state index contributed by atoms with van der Waals surface area (Å²) in [6, 6.07) is 15.3. The van der Waals surface area contributed by atoms with Crippen LogP contribution in [0, 0.1) is 10.1 Å². The topological polar surface area (TPSA) is 63.4 Å². The molecule has 2 aromatic carbocycles. The van der Waals surface area contributed by atoms with Crippen molar-refractivity contribution in [3.05, 3.63) is 75.2 Å². The lowest BCUT2D eigenvalue weighted by Gasteiger charge is -2.14. The third kappa shape index (κ3) is 3.15. The molecule has 1 aliphatic rings. The summed E-state index contributed by atoms with van der Waals surface area (Å²) < 4.78 is 0. The standard InChI is InChI=1S/C16H10N2O3S2/c19-16-17(12-4-2-1-3-5-12)15(22)14(23-16)10-11-6-8-13(9-7-11)18(20)21/h1-10H. The van der Waals surface area contributed by atoms with Crippen molar-refractivity contribution in [2.45, 2.75) is 0 Å². The van der Waals surface area contributed by atoms with E-state index in [1.165, 1.54) is 17.0 Å². The van der Waals surface area contributed by atoms with Crippen LogP contribution in [0.15, 0.2) is 59.5 Å². The average Bonchev–Trinajstić information content (AvgIpc) is 2.82. The molecule has 1 amide bonds. The van der Waals surface area contributed by atoms with E-state index in [4.69, 9.17) is 12.2 Å². The lowest BCUT2D eigenvalue weighted by atomic mass is 10.2. The maximum atomic E-state index is 12.2. The Labute approximate surface area is 141 Å². The summed E-state index contributed by atoms with van der Waals surface area (Å²) >= 11 is 6.45. The predicted octanol–water partition coefficient (Wildman–Crippen LogP) is 4.64. The number of para-hydroxylation sites is 1. The van der Waals surface area contributed by atoms with Crippen LogP contribution in [-0.2, 0) is 0 Å². The van der Waals surface area contributed by atoms with E-state index in [1.807, 2.05) is 30.3 Å². The number of hydrogen-bond donors (Lipinski definition) is 0. The highest BCUT2D eigenvalue weighted by Crippen LogP contribution is 2.36. The number of non-ortho nitro benzene ring substituents is 1. The number of thioether (sulfide) groups is 1. The normalized spacial score (nSPS) is 16.2. The summed E-state index contributed by atoms with van der Waals surface area (Å²) in [5.41, 5.74) is 1.50. The van der Waals surface area contributed by atoms with Gasteiger partial charge in [0.05, 0.1) is 15.5 Å². The van der Waals surface area contributed by atoms with Crippen LogP contribution in [0.5, 0.6) is 0 Å². The van der Waals surface area contributed by atoms with Gasteiger partial charge in [-0.15, -0.1) is 0 Å². The van der Waals surface area contributed by atoms with Crippen molar-refractivity contribution in [1.82, 2.24) is 0 Å². The smallest absolute Gasteiger partial charge is 0.261 e. The summed E-state index contributed by atoms with van der Waals surface area (Å²) in [5.74, 6) is 0. The van der Waals surface area contributed by atoms with Crippen molar-refractivity contribution >= 4 is 51.7 Å². The summed E-state index contributed by atoms with van der Waals surface area (Å²) in [4.78, 5) is 25.0. The van der Waals surface area contributed by atoms with Crippen molar-refractivity contribution < 1.29 is 9.72 Å². The van der Waals surface area contributed by atoms with Gasteiger partial charge in [-0.05, 0) is 47.7 Å². The van der Waals surface area contributed by atoms with Gasteiger partial charge in [0.2, 0.25) is 0 Å². The summed E-state index contributed by atoms with van der Waals surface area (Å²) in [6.45, 7) is 0. The van der Waals surface area contributed by atoms with E-state index in [0.29, 0.717) is 9.89 Å². The van der Waals surface area contributed by atoms with Gasteiger partial charge >= 0.3 is 0 Å². The molecule has 0 bridgehead atoms. The van der Waals surface area contributed by atoms with Crippen LogP contribution in [0.1, 0.15) is 5.56 Å². The monoisotopic (exact) mass is 342 g/mol. The number of benzene rings is 2. The number of hydrogen-bond acceptors (Lipinski definition) is 5. The van der Waals surface area contributed by atoms with Crippen LogP contribution < -0.4 is 4.90 Å². The minimum Gasteiger partial charge on any atom is -0.261 e. The Morgan fingerprint density at radius 1 is 1.09 bits per heavy atom. The lowest BCUT2D eigenvalue weighted by molar-refractivity contribution is -0.384. The summed E-state index contributed by atoms with van der Waals surface area (Å²) in [6.07, 6.45) is 1.76. The summed E-state index contributed by atoms with van der Waals surface area (Å²) in [7, 11) is 0. The van der Waals surface area contributed by atoms with Crippen LogP contribution in [0.4, 0.5) is 16.2 Å². The Morgan fingerprint density at radius 3 is 2.35 bits per heavy atom. The fourth-order valence-electron chi connectivity index (χ4n) is 2.11. The zero-order valence-corrected chi connectivity index (χ0v) is 13.3. The predicted molar refractivity (Wildman–Crippen MR) is 95.6 cm³/mol. The van der Waals surface area contributed by atoms with Crippen LogP contribution >= 0.6 is 24.0 Å². The van der Waals surface area contributed by atoms with Crippen LogP contribution in [0.2, 0.25) is 0 Å². The molecule has 0 aliphatic carbocycles. The number of nitrogens with zero attached hydrogens (tertiary/aromatic N) is 2. The molecule has 0 aromatic heterocycles. The molecule has 23 heavy (non-hydrogen) atoms. The Morgan fingerprint density at radius 2 is 1.74 bits per heavy atom. The molecule has 114 valence electrons. The first-order valence-corrected chi connectivity index (χ1v) is 7.86. The number of amides is 1. The Kier molecular flexibility index (Phi) is 4.22. The largest absolute Gasteiger partial charge is 0.296 e. The molecule has 0 radical (unpaired) electrons. The third-order valence-electron chi connectivity index (χ3n) is 3.21. The minimum atomic E-state index is -0.452. The maximum absolute atomic E-state index is 12.2. The highest BCUT2D eigenvalue weighted by Gasteiger charge is 2.32. The molecule has 5 nitrogen and oxygen atoms in total. The average molecular weight is 342 g/mol. The van der Waals surface area contributed by atoms with E-state index < -0.39 is 4.92 Å². The second-order valence-electron chi connectivity index (χ2n) is 4.70. The zero-order chi connectivity index (χ0) is 16.4. The van der Waals surface area contributed by atoms with E-state index in [2.05, 4.69) is 0 Å². The minimum absolute atomic E-state index is 0.0239. The first kappa shape index (κ1) is 15.4. The molecule has 7 heteroatoms. The van der Waals surface area contributed by atoms with Crippen molar-refractivity contribution in [3.63, 3.8) is 0 Å². The van der Waals surface area contributed by atoms with E-state index in [1.54, 1.807) is 18.2 Å². The molecular formula is C16H10N2O3S2. The quantitative estimate of drug-likeness (QED) is 0.352. The molecule has 2 aromatic rings. The maximum Gasteiger partial charge on any atom is 0.296 e. The van der Waals surface area contributed by atoms with Gasteiger partial charge in [0.15, 0.2) is 0 Å². The highest BCUT2D eigenvalue weighted by molar-refractivity contribution is 8.20. The van der Waals surface area contributed by atoms with Crippen LogP contribution in [-0.4, -0.2) is 15.2 Å². The molecule has 1 aliphatic heterocycles. The van der Waals surface area contributed by atoms with E-state index in [-0.39, 0.29) is 10.9 Å².